The van der Waals surface area contributed by atoms with E-state index in [1.54, 1.807) is 6.07 Å². The fourth-order valence-corrected chi connectivity index (χ4v) is 2.84. The van der Waals surface area contributed by atoms with Gasteiger partial charge in [0, 0.05) is 26.2 Å². The number of carbonyl (C=O) groups is 2. The first-order valence-corrected chi connectivity index (χ1v) is 8.54. The summed E-state index contributed by atoms with van der Waals surface area (Å²) in [6, 6.07) is 1.75. The third-order valence-electron chi connectivity index (χ3n) is 3.24. The summed E-state index contributed by atoms with van der Waals surface area (Å²) in [6.07, 6.45) is -4.97. The number of hydrogen-bond acceptors (Lipinski definition) is 6. The van der Waals surface area contributed by atoms with Crippen molar-refractivity contribution >= 4 is 23.3 Å². The van der Waals surface area contributed by atoms with E-state index in [0.29, 0.717) is 24.7 Å². The second-order valence-corrected chi connectivity index (χ2v) is 6.23. The highest BCUT2D eigenvalue weighted by Crippen LogP contribution is 2.18. The Bertz CT molecular complexity index is 592. The second kappa shape index (κ2) is 10.5. The summed E-state index contributed by atoms with van der Waals surface area (Å²) < 4.78 is 42.7. The normalized spacial score (nSPS) is 18.1. The number of rotatable bonds is 6. The van der Waals surface area contributed by atoms with Crippen LogP contribution < -0.4 is 0 Å². The smallest absolute Gasteiger partial charge is 0.477 e. The number of halogens is 3. The van der Waals surface area contributed by atoms with Gasteiger partial charge in [-0.1, -0.05) is 0 Å². The van der Waals surface area contributed by atoms with Crippen molar-refractivity contribution in [3.05, 3.63) is 21.9 Å². The molecule has 1 atom stereocenters. The Morgan fingerprint density at radius 2 is 2.08 bits per heavy atom. The molecule has 1 fully saturated rings. The van der Waals surface area contributed by atoms with Crippen LogP contribution in [-0.2, 0) is 20.8 Å². The lowest BCUT2D eigenvalue weighted by molar-refractivity contribution is -0.192. The Morgan fingerprint density at radius 1 is 1.42 bits per heavy atom. The molecular formula is C15H20F3NO6S. The third-order valence-corrected chi connectivity index (χ3v) is 4.21. The van der Waals surface area contributed by atoms with Crippen molar-refractivity contribution in [2.45, 2.75) is 25.7 Å². The van der Waals surface area contributed by atoms with Crippen molar-refractivity contribution in [2.24, 2.45) is 0 Å². The molecule has 11 heteroatoms. The number of carboxylic acids is 2. The van der Waals surface area contributed by atoms with Gasteiger partial charge in [0.25, 0.3) is 0 Å². The highest BCUT2D eigenvalue weighted by atomic mass is 32.1. The van der Waals surface area contributed by atoms with Crippen molar-refractivity contribution < 1.29 is 42.4 Å². The number of alkyl halides is 3. The van der Waals surface area contributed by atoms with Crippen LogP contribution in [0.1, 0.15) is 22.2 Å². The summed E-state index contributed by atoms with van der Waals surface area (Å²) in [5, 5.41) is 17.9. The van der Waals surface area contributed by atoms with Gasteiger partial charge in [0.15, 0.2) is 0 Å². The van der Waals surface area contributed by atoms with E-state index in [0.717, 1.165) is 25.2 Å². The first kappa shape index (κ1) is 22.4. The van der Waals surface area contributed by atoms with Gasteiger partial charge in [0.1, 0.15) is 4.88 Å². The summed E-state index contributed by atoms with van der Waals surface area (Å²) in [4.78, 5) is 22.4. The first-order chi connectivity index (χ1) is 12.1. The largest absolute Gasteiger partial charge is 0.490 e. The number of aromatic carboxylic acids is 1. The van der Waals surface area contributed by atoms with Gasteiger partial charge in [-0.25, -0.2) is 9.59 Å². The van der Waals surface area contributed by atoms with Crippen LogP contribution in [0, 0.1) is 0 Å². The van der Waals surface area contributed by atoms with Crippen molar-refractivity contribution in [1.29, 1.82) is 0 Å². The van der Waals surface area contributed by atoms with Crippen LogP contribution in [-0.4, -0.2) is 72.2 Å². The Labute approximate surface area is 151 Å². The van der Waals surface area contributed by atoms with Crippen molar-refractivity contribution in [2.75, 3.05) is 32.9 Å². The maximum absolute atomic E-state index is 10.8. The zero-order valence-electron chi connectivity index (χ0n) is 14.0. The van der Waals surface area contributed by atoms with Gasteiger partial charge in [0.2, 0.25) is 0 Å². The predicted octanol–water partition coefficient (Wildman–Crippen LogP) is 2.32. The average Bonchev–Trinajstić information content (AvgIpc) is 3.02. The Balaban J connectivity index is 0.000000412. The molecule has 0 bridgehead atoms. The van der Waals surface area contributed by atoms with Crippen LogP contribution in [0.25, 0.3) is 0 Å². The van der Waals surface area contributed by atoms with Gasteiger partial charge < -0.3 is 19.7 Å². The van der Waals surface area contributed by atoms with Gasteiger partial charge in [-0.15, -0.1) is 11.3 Å². The molecule has 148 valence electrons. The molecule has 26 heavy (non-hydrogen) atoms. The zero-order chi connectivity index (χ0) is 19.7. The van der Waals surface area contributed by atoms with E-state index in [1.165, 1.54) is 11.3 Å². The summed E-state index contributed by atoms with van der Waals surface area (Å²) >= 11 is 1.28. The molecule has 2 rings (SSSR count). The molecule has 0 aromatic carbocycles. The number of carboxylic acid groups (broad SMARTS) is 2. The summed E-state index contributed by atoms with van der Waals surface area (Å²) in [5.74, 6) is -3.61. The minimum absolute atomic E-state index is 0.117. The fraction of sp³-hybridized carbons (Fsp3) is 0.600. The maximum atomic E-state index is 10.8. The molecule has 0 spiro atoms. The van der Waals surface area contributed by atoms with Gasteiger partial charge in [-0.05, 0) is 23.9 Å². The summed E-state index contributed by atoms with van der Waals surface area (Å²) in [5.41, 5.74) is 1.06. The van der Waals surface area contributed by atoms with Gasteiger partial charge in [-0.3, -0.25) is 4.90 Å². The number of ether oxygens (including phenoxy) is 2. The molecule has 1 aromatic rings. The van der Waals surface area contributed by atoms with Gasteiger partial charge in [0.05, 0.1) is 19.3 Å². The van der Waals surface area contributed by atoms with Crippen molar-refractivity contribution in [3.8, 4) is 0 Å². The van der Waals surface area contributed by atoms with Crippen LogP contribution in [0.2, 0.25) is 0 Å². The Hall–Kier alpha value is -1.69. The topological polar surface area (TPSA) is 96.3 Å². The van der Waals surface area contributed by atoms with E-state index in [1.807, 2.05) is 12.3 Å². The van der Waals surface area contributed by atoms with E-state index in [4.69, 9.17) is 24.5 Å². The standard InChI is InChI=1S/C13H19NO4S.C2HF3O2/c1-2-17-8-11-7-14(3-4-18-11)6-10-5-12(13(15)16)19-9-10;3-2(4,5)1(6)7/h5,9,11H,2-4,6-8H2,1H3,(H,15,16);(H,6,7). The fourth-order valence-electron chi connectivity index (χ4n) is 2.10. The molecule has 0 saturated carbocycles. The summed E-state index contributed by atoms with van der Waals surface area (Å²) in [6.45, 7) is 6.48. The molecule has 7 nitrogen and oxygen atoms in total. The Kier molecular flexibility index (Phi) is 8.99. The average molecular weight is 399 g/mol. The van der Waals surface area contributed by atoms with Crippen LogP contribution >= 0.6 is 11.3 Å². The van der Waals surface area contributed by atoms with Crippen molar-refractivity contribution in [1.82, 2.24) is 4.90 Å². The molecule has 1 aliphatic rings. The van der Waals surface area contributed by atoms with Crippen LogP contribution in [0.15, 0.2) is 11.4 Å². The molecule has 0 aliphatic carbocycles. The number of aliphatic carboxylic acids is 1. The van der Waals surface area contributed by atoms with E-state index < -0.39 is 18.1 Å². The SMILES string of the molecule is CCOCC1CN(Cc2csc(C(=O)O)c2)CCO1.O=C(O)C(F)(F)F. The molecule has 1 unspecified atom stereocenters. The van der Waals surface area contributed by atoms with Gasteiger partial charge in [-0.2, -0.15) is 13.2 Å². The van der Waals surface area contributed by atoms with Crippen LogP contribution in [0.5, 0.6) is 0 Å². The molecule has 1 aromatic heterocycles. The highest BCUT2D eigenvalue weighted by molar-refractivity contribution is 7.12. The molecule has 2 heterocycles. The maximum Gasteiger partial charge on any atom is 0.490 e. The molecule has 0 amide bonds. The molecule has 2 N–H and O–H groups in total. The number of hydrogen-bond donors (Lipinski definition) is 2. The zero-order valence-corrected chi connectivity index (χ0v) is 14.8. The predicted molar refractivity (Wildman–Crippen MR) is 86.5 cm³/mol. The van der Waals surface area contributed by atoms with Crippen LogP contribution in [0.4, 0.5) is 13.2 Å². The first-order valence-electron chi connectivity index (χ1n) is 7.66. The molecule has 0 radical (unpaired) electrons. The van der Waals surface area contributed by atoms with E-state index in [-0.39, 0.29) is 6.10 Å². The van der Waals surface area contributed by atoms with E-state index in [2.05, 4.69) is 4.90 Å². The second-order valence-electron chi connectivity index (χ2n) is 5.31. The number of morpholine rings is 1. The highest BCUT2D eigenvalue weighted by Gasteiger charge is 2.38. The monoisotopic (exact) mass is 399 g/mol. The van der Waals surface area contributed by atoms with Crippen molar-refractivity contribution in [3.63, 3.8) is 0 Å². The Morgan fingerprint density at radius 3 is 2.58 bits per heavy atom. The quantitative estimate of drug-likeness (QED) is 0.758. The van der Waals surface area contributed by atoms with E-state index >= 15 is 0 Å². The minimum atomic E-state index is -5.08. The number of nitrogens with zero attached hydrogens (tertiary/aromatic N) is 1. The lowest BCUT2D eigenvalue weighted by atomic mass is 10.2. The van der Waals surface area contributed by atoms with E-state index in [9.17, 15) is 18.0 Å². The summed E-state index contributed by atoms with van der Waals surface area (Å²) in [7, 11) is 0. The lowest BCUT2D eigenvalue weighted by Crippen LogP contribution is -2.43. The molecular weight excluding hydrogens is 379 g/mol. The molecule has 1 saturated heterocycles. The minimum Gasteiger partial charge on any atom is -0.477 e. The third kappa shape index (κ3) is 8.13. The van der Waals surface area contributed by atoms with Crippen LogP contribution in [0.3, 0.4) is 0 Å². The molecule has 1 aliphatic heterocycles. The van der Waals surface area contributed by atoms with Gasteiger partial charge >= 0.3 is 18.1 Å². The number of thiophene rings is 1. The lowest BCUT2D eigenvalue weighted by Gasteiger charge is -2.32.